The van der Waals surface area contributed by atoms with Crippen molar-refractivity contribution < 1.29 is 0 Å². The topological polar surface area (TPSA) is 67.4 Å². The van der Waals surface area contributed by atoms with Crippen LogP contribution in [-0.2, 0) is 6.54 Å². The van der Waals surface area contributed by atoms with E-state index in [1.807, 2.05) is 23.1 Å². The molecule has 5 nitrogen and oxygen atoms in total. The maximum absolute atomic E-state index is 8.68. The Morgan fingerprint density at radius 2 is 1.56 bits per heavy atom. The van der Waals surface area contributed by atoms with Crippen LogP contribution in [0.25, 0.3) is 0 Å². The number of pyridine rings is 2. The highest BCUT2D eigenvalue weighted by atomic mass is 15.3. The molecule has 32 heavy (non-hydrogen) atoms. The molecule has 0 aromatic carbocycles. The molecule has 0 fully saturated rings. The van der Waals surface area contributed by atoms with E-state index in [0.29, 0.717) is 23.3 Å². The Bertz CT molecular complexity index is 993. The van der Waals surface area contributed by atoms with Gasteiger partial charge in [-0.25, -0.2) is 0 Å². The van der Waals surface area contributed by atoms with Crippen LogP contribution >= 0.6 is 0 Å². The minimum atomic E-state index is 0.396. The van der Waals surface area contributed by atoms with Gasteiger partial charge in [0.25, 0.3) is 0 Å². The van der Waals surface area contributed by atoms with Crippen LogP contribution in [0.4, 0.5) is 0 Å². The zero-order chi connectivity index (χ0) is 24.3. The number of nitriles is 1. The zero-order valence-electron chi connectivity index (χ0n) is 21.2. The van der Waals surface area contributed by atoms with E-state index in [9.17, 15) is 0 Å². The van der Waals surface area contributed by atoms with E-state index < -0.39 is 0 Å². The van der Waals surface area contributed by atoms with Gasteiger partial charge in [0.2, 0.25) is 0 Å². The summed E-state index contributed by atoms with van der Waals surface area (Å²) in [4.78, 5) is 7.98. The quantitative estimate of drug-likeness (QED) is 0.447. The van der Waals surface area contributed by atoms with Crippen LogP contribution in [0.15, 0.2) is 43.1 Å². The molecule has 0 N–H and O–H groups in total. The zero-order valence-corrected chi connectivity index (χ0v) is 21.2. The summed E-state index contributed by atoms with van der Waals surface area (Å²) in [7, 11) is 0. The molecule has 0 aliphatic rings. The molecule has 3 rings (SSSR count). The van der Waals surface area contributed by atoms with Gasteiger partial charge in [0, 0.05) is 37.5 Å². The minimum absolute atomic E-state index is 0.396. The first-order valence-corrected chi connectivity index (χ1v) is 11.4. The number of hydrogen-bond acceptors (Lipinski definition) is 4. The third kappa shape index (κ3) is 8.63. The van der Waals surface area contributed by atoms with Gasteiger partial charge in [0.05, 0.1) is 11.3 Å². The summed E-state index contributed by atoms with van der Waals surface area (Å²) in [5, 5.41) is 13.0. The monoisotopic (exact) mass is 433 g/mol. The summed E-state index contributed by atoms with van der Waals surface area (Å²) in [5.41, 5.74) is 6.85. The number of aryl methyl sites for hydroxylation is 3. The summed E-state index contributed by atoms with van der Waals surface area (Å²) >= 11 is 0. The van der Waals surface area contributed by atoms with E-state index in [1.54, 1.807) is 12.4 Å². The van der Waals surface area contributed by atoms with E-state index in [4.69, 9.17) is 5.26 Å². The van der Waals surface area contributed by atoms with Gasteiger partial charge in [-0.3, -0.25) is 14.6 Å². The third-order valence-corrected chi connectivity index (χ3v) is 5.09. The number of hydrogen-bond donors (Lipinski definition) is 0. The number of nitrogens with zero attached hydrogens (tertiary/aromatic N) is 5. The van der Waals surface area contributed by atoms with Crippen molar-refractivity contribution in [3.8, 4) is 6.07 Å². The molecule has 0 bridgehead atoms. The van der Waals surface area contributed by atoms with Crippen molar-refractivity contribution in [2.45, 2.75) is 86.6 Å². The molecule has 0 amide bonds. The first-order valence-electron chi connectivity index (χ1n) is 11.4. The van der Waals surface area contributed by atoms with Gasteiger partial charge < -0.3 is 0 Å². The van der Waals surface area contributed by atoms with Gasteiger partial charge in [0.15, 0.2) is 0 Å². The Labute approximate surface area is 194 Å². The summed E-state index contributed by atoms with van der Waals surface area (Å²) in [6, 6.07) is 6.18. The molecule has 5 heteroatoms. The average molecular weight is 434 g/mol. The molecule has 172 valence electrons. The fraction of sp³-hybridized carbons (Fsp3) is 0.481. The normalized spacial score (nSPS) is 10.3. The lowest BCUT2D eigenvalue weighted by atomic mass is 10.0. The summed E-state index contributed by atoms with van der Waals surface area (Å²) in [6.07, 6.45) is 9.27. The van der Waals surface area contributed by atoms with Crippen LogP contribution in [-0.4, -0.2) is 19.7 Å². The highest BCUT2D eigenvalue weighted by Gasteiger charge is 2.06. The largest absolute Gasteiger partial charge is 0.272 e. The van der Waals surface area contributed by atoms with Gasteiger partial charge in [-0.05, 0) is 66.8 Å². The lowest BCUT2D eigenvalue weighted by Gasteiger charge is -2.04. The van der Waals surface area contributed by atoms with Gasteiger partial charge in [-0.15, -0.1) is 0 Å². The molecule has 0 aliphatic carbocycles. The SMILES string of the molecule is CC(C)c1ccncc1C#N.CCn1cc(C(C)C)c(C)n1.Cc1cncc(C(C)C)c1. The predicted octanol–water partition coefficient (Wildman–Crippen LogP) is 6.92. The Morgan fingerprint density at radius 3 is 1.94 bits per heavy atom. The molecule has 3 aromatic heterocycles. The van der Waals surface area contributed by atoms with Crippen molar-refractivity contribution in [3.05, 3.63) is 76.6 Å². The van der Waals surface area contributed by atoms with Crippen LogP contribution in [0, 0.1) is 25.2 Å². The fourth-order valence-corrected chi connectivity index (χ4v) is 3.16. The first-order chi connectivity index (χ1) is 15.1. The molecule has 0 atom stereocenters. The summed E-state index contributed by atoms with van der Waals surface area (Å²) in [5.74, 6) is 1.58. The summed E-state index contributed by atoms with van der Waals surface area (Å²) < 4.78 is 1.99. The van der Waals surface area contributed by atoms with E-state index >= 15 is 0 Å². The fourth-order valence-electron chi connectivity index (χ4n) is 3.16. The van der Waals surface area contributed by atoms with E-state index in [1.165, 1.54) is 22.4 Å². The molecule has 0 radical (unpaired) electrons. The van der Waals surface area contributed by atoms with Crippen LogP contribution in [0.2, 0.25) is 0 Å². The molecule has 0 spiro atoms. The Balaban J connectivity index is 0.000000240. The van der Waals surface area contributed by atoms with Crippen LogP contribution < -0.4 is 0 Å². The molecule has 0 saturated carbocycles. The predicted molar refractivity (Wildman–Crippen MR) is 133 cm³/mol. The first kappa shape index (κ1) is 27.0. The minimum Gasteiger partial charge on any atom is -0.272 e. The second-order valence-electron chi connectivity index (χ2n) is 8.86. The number of aromatic nitrogens is 4. The molecule has 3 aromatic rings. The molecule has 0 aliphatic heterocycles. The van der Waals surface area contributed by atoms with Gasteiger partial charge in [-0.1, -0.05) is 47.6 Å². The van der Waals surface area contributed by atoms with Gasteiger partial charge in [0.1, 0.15) is 6.07 Å². The maximum atomic E-state index is 8.68. The van der Waals surface area contributed by atoms with E-state index in [2.05, 4.69) is 95.7 Å². The van der Waals surface area contributed by atoms with Crippen molar-refractivity contribution in [1.82, 2.24) is 19.7 Å². The second kappa shape index (κ2) is 13.4. The molecule has 3 heterocycles. The maximum Gasteiger partial charge on any atom is 0.101 e. The third-order valence-electron chi connectivity index (χ3n) is 5.09. The van der Waals surface area contributed by atoms with Crippen molar-refractivity contribution in [3.63, 3.8) is 0 Å². The van der Waals surface area contributed by atoms with Crippen molar-refractivity contribution in [2.24, 2.45) is 0 Å². The van der Waals surface area contributed by atoms with Crippen molar-refractivity contribution in [2.75, 3.05) is 0 Å². The molecular formula is C27H39N5. The van der Waals surface area contributed by atoms with Crippen LogP contribution in [0.5, 0.6) is 0 Å². The Morgan fingerprint density at radius 1 is 0.906 bits per heavy atom. The molecule has 0 unspecified atom stereocenters. The van der Waals surface area contributed by atoms with E-state index in [0.717, 1.165) is 12.1 Å². The smallest absolute Gasteiger partial charge is 0.101 e. The highest BCUT2D eigenvalue weighted by Crippen LogP contribution is 2.17. The molecule has 0 saturated heterocycles. The van der Waals surface area contributed by atoms with Crippen LogP contribution in [0.3, 0.4) is 0 Å². The highest BCUT2D eigenvalue weighted by molar-refractivity contribution is 5.36. The summed E-state index contributed by atoms with van der Waals surface area (Å²) in [6.45, 7) is 20.1. The van der Waals surface area contributed by atoms with E-state index in [-0.39, 0.29) is 0 Å². The lowest BCUT2D eigenvalue weighted by Crippen LogP contribution is -1.93. The van der Waals surface area contributed by atoms with Crippen molar-refractivity contribution >= 4 is 0 Å². The lowest BCUT2D eigenvalue weighted by molar-refractivity contribution is 0.653. The Hall–Kier alpha value is -3.00. The standard InChI is InChI=1S/C9H16N2.C9H10N2.C9H13N/c1-5-11-6-9(7(2)3)8(4)10-11;1-7(2)9-3-4-11-6-8(9)5-10;1-7(2)9-4-8(3)5-10-6-9/h6-7H,5H2,1-4H3;3-4,6-7H,1-2H3;4-7H,1-3H3. The van der Waals surface area contributed by atoms with Gasteiger partial charge >= 0.3 is 0 Å². The van der Waals surface area contributed by atoms with Gasteiger partial charge in [-0.2, -0.15) is 10.4 Å². The number of rotatable bonds is 4. The second-order valence-corrected chi connectivity index (χ2v) is 8.86. The Kier molecular flexibility index (Phi) is 11.3. The average Bonchev–Trinajstić information content (AvgIpc) is 3.15. The van der Waals surface area contributed by atoms with Crippen molar-refractivity contribution in [1.29, 1.82) is 5.26 Å². The van der Waals surface area contributed by atoms with Crippen LogP contribution in [0.1, 0.15) is 99.7 Å². The molecular weight excluding hydrogens is 394 g/mol.